The van der Waals surface area contributed by atoms with Crippen molar-refractivity contribution in [2.45, 2.75) is 32.9 Å². The molecule has 0 N–H and O–H groups in total. The Morgan fingerprint density at radius 3 is 2.71 bits per heavy atom. The molecule has 0 unspecified atom stereocenters. The van der Waals surface area contributed by atoms with E-state index in [1.807, 2.05) is 37.8 Å². The fourth-order valence-electron chi connectivity index (χ4n) is 2.30. The molecule has 2 aliphatic heterocycles. The van der Waals surface area contributed by atoms with Crippen molar-refractivity contribution in [1.82, 2.24) is 4.90 Å². The Balaban J connectivity index is 2.10. The Kier molecular flexibility index (Phi) is 1.94. The molecule has 17 heavy (non-hydrogen) atoms. The van der Waals surface area contributed by atoms with Gasteiger partial charge in [0.05, 0.1) is 5.56 Å². The van der Waals surface area contributed by atoms with Gasteiger partial charge in [-0.1, -0.05) is 6.07 Å². The summed E-state index contributed by atoms with van der Waals surface area (Å²) < 4.78 is 10.7. The molecule has 0 fully saturated rings. The summed E-state index contributed by atoms with van der Waals surface area (Å²) in [5.41, 5.74) is 1.52. The predicted octanol–water partition coefficient (Wildman–Crippen LogP) is 2.17. The van der Waals surface area contributed by atoms with Gasteiger partial charge in [-0.25, -0.2) is 0 Å². The molecule has 90 valence electrons. The molecule has 1 aromatic carbocycles. The van der Waals surface area contributed by atoms with Gasteiger partial charge in [-0.05, 0) is 32.4 Å². The zero-order valence-corrected chi connectivity index (χ0v) is 10.2. The first-order chi connectivity index (χ1) is 7.98. The first-order valence-electron chi connectivity index (χ1n) is 5.72. The number of fused-ring (bicyclic) bond motifs is 3. The van der Waals surface area contributed by atoms with Gasteiger partial charge in [0, 0.05) is 12.1 Å². The molecule has 4 heteroatoms. The minimum absolute atomic E-state index is 0.0369. The van der Waals surface area contributed by atoms with Crippen LogP contribution in [0, 0.1) is 0 Å². The van der Waals surface area contributed by atoms with Gasteiger partial charge in [-0.15, -0.1) is 0 Å². The van der Waals surface area contributed by atoms with Crippen LogP contribution in [0.4, 0.5) is 0 Å². The minimum Gasteiger partial charge on any atom is -0.454 e. The molecule has 1 aromatic rings. The van der Waals surface area contributed by atoms with Crippen LogP contribution in [-0.2, 0) is 6.54 Å². The smallest absolute Gasteiger partial charge is 0.258 e. The highest BCUT2D eigenvalue weighted by Gasteiger charge is 2.39. The maximum absolute atomic E-state index is 12.4. The van der Waals surface area contributed by atoms with Crippen molar-refractivity contribution >= 4 is 5.91 Å². The zero-order valence-electron chi connectivity index (χ0n) is 10.2. The van der Waals surface area contributed by atoms with E-state index in [0.29, 0.717) is 23.6 Å². The quantitative estimate of drug-likeness (QED) is 0.689. The lowest BCUT2D eigenvalue weighted by Gasteiger charge is -2.31. The molecule has 0 spiro atoms. The molecule has 0 bridgehead atoms. The molecule has 0 radical (unpaired) electrons. The number of hydrogen-bond acceptors (Lipinski definition) is 3. The number of nitrogens with zero attached hydrogens (tertiary/aromatic N) is 1. The summed E-state index contributed by atoms with van der Waals surface area (Å²) in [7, 11) is 0. The molecular formula is C13H15NO3. The van der Waals surface area contributed by atoms with E-state index in [9.17, 15) is 4.79 Å². The van der Waals surface area contributed by atoms with Crippen LogP contribution in [-0.4, -0.2) is 23.1 Å². The van der Waals surface area contributed by atoms with Gasteiger partial charge < -0.3 is 14.4 Å². The molecule has 0 atom stereocenters. The van der Waals surface area contributed by atoms with Gasteiger partial charge in [-0.2, -0.15) is 0 Å². The van der Waals surface area contributed by atoms with Crippen LogP contribution < -0.4 is 9.47 Å². The Labute approximate surface area is 100 Å². The van der Waals surface area contributed by atoms with Crippen LogP contribution in [0.15, 0.2) is 12.1 Å². The van der Waals surface area contributed by atoms with Crippen LogP contribution in [0.1, 0.15) is 36.7 Å². The number of ether oxygens (including phenoxy) is 2. The van der Waals surface area contributed by atoms with E-state index >= 15 is 0 Å². The van der Waals surface area contributed by atoms with Crippen molar-refractivity contribution in [3.63, 3.8) is 0 Å². The first kappa shape index (κ1) is 10.4. The molecular weight excluding hydrogens is 218 g/mol. The maximum atomic E-state index is 12.4. The SMILES string of the molecule is CC(C)(C)N1Cc2ccc3c(c2C1=O)OCO3. The van der Waals surface area contributed by atoms with Crippen LogP contribution in [0.2, 0.25) is 0 Å². The Morgan fingerprint density at radius 2 is 2.00 bits per heavy atom. The van der Waals surface area contributed by atoms with Crippen LogP contribution in [0.25, 0.3) is 0 Å². The molecule has 2 heterocycles. The summed E-state index contributed by atoms with van der Waals surface area (Å²) in [5, 5.41) is 0. The second-order valence-electron chi connectivity index (χ2n) is 5.40. The predicted molar refractivity (Wildman–Crippen MR) is 62.2 cm³/mol. The van der Waals surface area contributed by atoms with Crippen molar-refractivity contribution < 1.29 is 14.3 Å². The summed E-state index contributed by atoms with van der Waals surface area (Å²) >= 11 is 0. The Morgan fingerprint density at radius 1 is 1.24 bits per heavy atom. The third kappa shape index (κ3) is 1.40. The monoisotopic (exact) mass is 233 g/mol. The number of carbonyl (C=O) groups is 1. The Bertz CT molecular complexity index is 502. The lowest BCUT2D eigenvalue weighted by Crippen LogP contribution is -2.41. The van der Waals surface area contributed by atoms with E-state index in [0.717, 1.165) is 5.56 Å². The molecule has 1 amide bonds. The molecule has 3 rings (SSSR count). The first-order valence-corrected chi connectivity index (χ1v) is 5.72. The highest BCUT2D eigenvalue weighted by molar-refractivity contribution is 6.02. The average molecular weight is 233 g/mol. The van der Waals surface area contributed by atoms with E-state index in [1.54, 1.807) is 0 Å². The topological polar surface area (TPSA) is 38.8 Å². The summed E-state index contributed by atoms with van der Waals surface area (Å²) in [6.07, 6.45) is 0. The second kappa shape index (κ2) is 3.15. The molecule has 4 nitrogen and oxygen atoms in total. The van der Waals surface area contributed by atoms with E-state index in [4.69, 9.17) is 9.47 Å². The number of benzene rings is 1. The summed E-state index contributed by atoms with van der Waals surface area (Å²) in [6.45, 7) is 6.96. The van der Waals surface area contributed by atoms with E-state index in [1.165, 1.54) is 0 Å². The third-order valence-electron chi connectivity index (χ3n) is 3.22. The molecule has 0 saturated heterocycles. The van der Waals surface area contributed by atoms with Gasteiger partial charge in [0.2, 0.25) is 6.79 Å². The van der Waals surface area contributed by atoms with E-state index in [-0.39, 0.29) is 18.2 Å². The van der Waals surface area contributed by atoms with Crippen molar-refractivity contribution in [2.24, 2.45) is 0 Å². The third-order valence-corrected chi connectivity index (χ3v) is 3.22. The van der Waals surface area contributed by atoms with Gasteiger partial charge in [0.15, 0.2) is 11.5 Å². The molecule has 0 aromatic heterocycles. The van der Waals surface area contributed by atoms with E-state index in [2.05, 4.69) is 0 Å². The highest BCUT2D eigenvalue weighted by atomic mass is 16.7. The number of rotatable bonds is 0. The number of carbonyl (C=O) groups excluding carboxylic acids is 1. The summed E-state index contributed by atoms with van der Waals surface area (Å²) in [5.74, 6) is 1.32. The molecule has 0 saturated carbocycles. The lowest BCUT2D eigenvalue weighted by molar-refractivity contribution is 0.0606. The van der Waals surface area contributed by atoms with Crippen LogP contribution >= 0.6 is 0 Å². The standard InChI is InChI=1S/C13H15NO3/c1-13(2,3)14-6-8-4-5-9-11(17-7-16-9)10(8)12(14)15/h4-5H,6-7H2,1-3H3. The number of amides is 1. The summed E-state index contributed by atoms with van der Waals surface area (Å²) in [6, 6.07) is 3.83. The minimum atomic E-state index is -0.178. The molecule has 0 aliphatic carbocycles. The normalized spacial score (nSPS) is 17.6. The van der Waals surface area contributed by atoms with Crippen molar-refractivity contribution in [2.75, 3.05) is 6.79 Å². The van der Waals surface area contributed by atoms with Crippen molar-refractivity contribution in [3.8, 4) is 11.5 Å². The van der Waals surface area contributed by atoms with Crippen molar-refractivity contribution in [3.05, 3.63) is 23.3 Å². The Hall–Kier alpha value is -1.71. The summed E-state index contributed by atoms with van der Waals surface area (Å²) in [4.78, 5) is 14.3. The highest BCUT2D eigenvalue weighted by Crippen LogP contribution is 2.42. The van der Waals surface area contributed by atoms with Gasteiger partial charge in [0.25, 0.3) is 5.91 Å². The second-order valence-corrected chi connectivity index (χ2v) is 5.40. The van der Waals surface area contributed by atoms with Crippen molar-refractivity contribution in [1.29, 1.82) is 0 Å². The fourth-order valence-corrected chi connectivity index (χ4v) is 2.30. The average Bonchev–Trinajstić information content (AvgIpc) is 2.80. The van der Waals surface area contributed by atoms with E-state index < -0.39 is 0 Å². The largest absolute Gasteiger partial charge is 0.454 e. The fraction of sp³-hybridized carbons (Fsp3) is 0.462. The van der Waals surface area contributed by atoms with Crippen LogP contribution in [0.3, 0.4) is 0 Å². The van der Waals surface area contributed by atoms with Crippen LogP contribution in [0.5, 0.6) is 11.5 Å². The van der Waals surface area contributed by atoms with Gasteiger partial charge in [-0.3, -0.25) is 4.79 Å². The maximum Gasteiger partial charge on any atom is 0.258 e. The van der Waals surface area contributed by atoms with Gasteiger partial charge in [0.1, 0.15) is 0 Å². The molecule has 2 aliphatic rings. The van der Waals surface area contributed by atoms with Gasteiger partial charge >= 0.3 is 0 Å². The zero-order chi connectivity index (χ0) is 12.2. The lowest BCUT2D eigenvalue weighted by atomic mass is 10.1. The number of hydrogen-bond donors (Lipinski definition) is 0.